The molecule has 0 amide bonds. The molecule has 0 aliphatic carbocycles. The lowest BCUT2D eigenvalue weighted by molar-refractivity contribution is 0.624. The molecule has 0 bridgehead atoms. The first-order valence-electron chi connectivity index (χ1n) is 4.10. The molecule has 0 aliphatic rings. The van der Waals surface area contributed by atoms with Gasteiger partial charge in [-0.3, -0.25) is 0 Å². The highest BCUT2D eigenvalue weighted by Gasteiger charge is 1.98. The Morgan fingerprint density at radius 2 is 2.17 bits per heavy atom. The molecule has 0 aliphatic heterocycles. The first-order valence-corrected chi connectivity index (χ1v) is 4.73. The van der Waals surface area contributed by atoms with Gasteiger partial charge in [-0.2, -0.15) is 12.6 Å². The van der Waals surface area contributed by atoms with Crippen molar-refractivity contribution >= 4 is 12.6 Å². The van der Waals surface area contributed by atoms with Crippen molar-refractivity contribution in [1.29, 1.82) is 0 Å². The number of thiol groups is 1. The zero-order valence-electron chi connectivity index (χ0n) is 7.18. The minimum absolute atomic E-state index is 0.144. The van der Waals surface area contributed by atoms with E-state index in [4.69, 9.17) is 0 Å². The normalized spacial score (nSPS) is 10.2. The van der Waals surface area contributed by atoms with Crippen molar-refractivity contribution in [1.82, 2.24) is 0 Å². The van der Waals surface area contributed by atoms with Crippen LogP contribution in [-0.4, -0.2) is 5.75 Å². The van der Waals surface area contributed by atoms with Crippen molar-refractivity contribution in [2.75, 3.05) is 5.75 Å². The van der Waals surface area contributed by atoms with E-state index in [2.05, 4.69) is 12.6 Å². The van der Waals surface area contributed by atoms with E-state index >= 15 is 0 Å². The lowest BCUT2D eigenvalue weighted by Crippen LogP contribution is -1.91. The number of halogens is 1. The van der Waals surface area contributed by atoms with Gasteiger partial charge in [0.25, 0.3) is 0 Å². The third kappa shape index (κ3) is 2.52. The second-order valence-electron chi connectivity index (χ2n) is 2.90. The van der Waals surface area contributed by atoms with Gasteiger partial charge in [-0.15, -0.1) is 0 Å². The van der Waals surface area contributed by atoms with Crippen molar-refractivity contribution in [3.05, 3.63) is 35.1 Å². The third-order valence-corrected chi connectivity index (χ3v) is 2.23. The van der Waals surface area contributed by atoms with Crippen LogP contribution in [0.2, 0.25) is 0 Å². The summed E-state index contributed by atoms with van der Waals surface area (Å²) in [7, 11) is 0. The minimum Gasteiger partial charge on any atom is -0.207 e. The van der Waals surface area contributed by atoms with Crippen molar-refractivity contribution in [3.63, 3.8) is 0 Å². The Hall–Kier alpha value is -0.500. The Bertz CT molecular complexity index is 258. The van der Waals surface area contributed by atoms with Gasteiger partial charge in [0.05, 0.1) is 0 Å². The summed E-state index contributed by atoms with van der Waals surface area (Å²) in [5.74, 6) is 0.713. The highest BCUT2D eigenvalue weighted by molar-refractivity contribution is 7.80. The van der Waals surface area contributed by atoms with E-state index in [1.807, 2.05) is 13.0 Å². The molecule has 0 atom stereocenters. The molecule has 0 nitrogen and oxygen atoms in total. The molecule has 0 saturated heterocycles. The van der Waals surface area contributed by atoms with Crippen LogP contribution in [-0.2, 0) is 6.42 Å². The molecule has 0 spiro atoms. The monoisotopic (exact) mass is 184 g/mol. The zero-order chi connectivity index (χ0) is 8.97. The SMILES string of the molecule is Cc1ccc(F)cc1CCCS. The molecule has 0 saturated carbocycles. The summed E-state index contributed by atoms with van der Waals surface area (Å²) in [6, 6.07) is 4.93. The maximum atomic E-state index is 12.8. The summed E-state index contributed by atoms with van der Waals surface area (Å²) in [6.07, 6.45) is 1.93. The van der Waals surface area contributed by atoms with Crippen LogP contribution in [0.4, 0.5) is 4.39 Å². The van der Waals surface area contributed by atoms with Crippen LogP contribution in [0, 0.1) is 12.7 Å². The lowest BCUT2D eigenvalue weighted by Gasteiger charge is -2.03. The quantitative estimate of drug-likeness (QED) is 0.686. The Kier molecular flexibility index (Phi) is 3.60. The van der Waals surface area contributed by atoms with Crippen LogP contribution in [0.25, 0.3) is 0 Å². The summed E-state index contributed by atoms with van der Waals surface area (Å²) < 4.78 is 12.8. The van der Waals surface area contributed by atoms with Crippen molar-refractivity contribution in [2.24, 2.45) is 0 Å². The van der Waals surface area contributed by atoms with Crippen molar-refractivity contribution in [3.8, 4) is 0 Å². The Morgan fingerprint density at radius 3 is 2.83 bits per heavy atom. The van der Waals surface area contributed by atoms with Gasteiger partial charge >= 0.3 is 0 Å². The molecule has 12 heavy (non-hydrogen) atoms. The fraction of sp³-hybridized carbons (Fsp3) is 0.400. The molecule has 1 rings (SSSR count). The topological polar surface area (TPSA) is 0 Å². The maximum Gasteiger partial charge on any atom is 0.123 e. The fourth-order valence-electron chi connectivity index (χ4n) is 1.18. The van der Waals surface area contributed by atoms with Gasteiger partial charge in [0.15, 0.2) is 0 Å². The van der Waals surface area contributed by atoms with E-state index in [0.29, 0.717) is 0 Å². The summed E-state index contributed by atoms with van der Waals surface area (Å²) in [4.78, 5) is 0. The highest BCUT2D eigenvalue weighted by Crippen LogP contribution is 2.12. The molecular weight excluding hydrogens is 171 g/mol. The molecular formula is C10H13FS. The first-order chi connectivity index (χ1) is 5.74. The predicted octanol–water partition coefficient (Wildman–Crippen LogP) is 3.00. The second kappa shape index (κ2) is 4.51. The molecule has 0 heterocycles. The average molecular weight is 184 g/mol. The molecule has 0 aromatic heterocycles. The Labute approximate surface area is 78.2 Å². The van der Waals surface area contributed by atoms with Crippen LogP contribution in [0.5, 0.6) is 0 Å². The van der Waals surface area contributed by atoms with Gasteiger partial charge in [-0.1, -0.05) is 6.07 Å². The Morgan fingerprint density at radius 1 is 1.42 bits per heavy atom. The molecule has 0 unspecified atom stereocenters. The van der Waals surface area contributed by atoms with Crippen molar-refractivity contribution in [2.45, 2.75) is 19.8 Å². The number of rotatable bonds is 3. The fourth-order valence-corrected chi connectivity index (χ4v) is 1.34. The van der Waals surface area contributed by atoms with Gasteiger partial charge in [0, 0.05) is 0 Å². The lowest BCUT2D eigenvalue weighted by atomic mass is 10.0. The van der Waals surface area contributed by atoms with E-state index in [0.717, 1.165) is 29.7 Å². The van der Waals surface area contributed by atoms with Crippen LogP contribution >= 0.6 is 12.6 Å². The van der Waals surface area contributed by atoms with E-state index in [-0.39, 0.29) is 5.82 Å². The average Bonchev–Trinajstić information content (AvgIpc) is 2.07. The molecule has 2 heteroatoms. The van der Waals surface area contributed by atoms with E-state index < -0.39 is 0 Å². The van der Waals surface area contributed by atoms with Crippen LogP contribution in [0.3, 0.4) is 0 Å². The largest absolute Gasteiger partial charge is 0.207 e. The molecule has 66 valence electrons. The van der Waals surface area contributed by atoms with Gasteiger partial charge in [-0.25, -0.2) is 4.39 Å². The van der Waals surface area contributed by atoms with Gasteiger partial charge in [0.2, 0.25) is 0 Å². The first kappa shape index (κ1) is 9.59. The predicted molar refractivity (Wildman–Crippen MR) is 53.3 cm³/mol. The highest BCUT2D eigenvalue weighted by atomic mass is 32.1. The smallest absolute Gasteiger partial charge is 0.123 e. The zero-order valence-corrected chi connectivity index (χ0v) is 8.07. The molecule has 0 radical (unpaired) electrons. The van der Waals surface area contributed by atoms with E-state index in [1.165, 1.54) is 6.07 Å². The number of benzene rings is 1. The molecule has 0 fully saturated rings. The maximum absolute atomic E-state index is 12.8. The van der Waals surface area contributed by atoms with Gasteiger partial charge in [0.1, 0.15) is 5.82 Å². The van der Waals surface area contributed by atoms with E-state index in [1.54, 1.807) is 6.07 Å². The van der Waals surface area contributed by atoms with Crippen LogP contribution < -0.4 is 0 Å². The Balaban J connectivity index is 2.75. The van der Waals surface area contributed by atoms with Gasteiger partial charge in [-0.05, 0) is 48.8 Å². The molecule has 0 N–H and O–H groups in total. The van der Waals surface area contributed by atoms with Crippen LogP contribution in [0.15, 0.2) is 18.2 Å². The number of hydrogen-bond acceptors (Lipinski definition) is 1. The summed E-state index contributed by atoms with van der Waals surface area (Å²) in [5.41, 5.74) is 2.27. The number of hydrogen-bond donors (Lipinski definition) is 1. The van der Waals surface area contributed by atoms with Gasteiger partial charge < -0.3 is 0 Å². The summed E-state index contributed by atoms with van der Waals surface area (Å²) in [6.45, 7) is 2.01. The summed E-state index contributed by atoms with van der Waals surface area (Å²) in [5, 5.41) is 0. The second-order valence-corrected chi connectivity index (χ2v) is 3.35. The third-order valence-electron chi connectivity index (χ3n) is 1.92. The standard InChI is InChI=1S/C10H13FS/c1-8-4-5-10(11)7-9(8)3-2-6-12/h4-5,7,12H,2-3,6H2,1H3. The van der Waals surface area contributed by atoms with Crippen molar-refractivity contribution < 1.29 is 4.39 Å². The molecule has 1 aromatic rings. The minimum atomic E-state index is -0.144. The van der Waals surface area contributed by atoms with Crippen LogP contribution in [0.1, 0.15) is 17.5 Å². The molecule has 1 aromatic carbocycles. The van der Waals surface area contributed by atoms with E-state index in [9.17, 15) is 4.39 Å². The number of aryl methyl sites for hydroxylation is 2. The summed E-state index contributed by atoms with van der Waals surface area (Å²) >= 11 is 4.12.